The second kappa shape index (κ2) is 5.76. The Morgan fingerprint density at radius 2 is 1.81 bits per heavy atom. The van der Waals surface area contributed by atoms with Crippen LogP contribution >= 0.6 is 0 Å². The topological polar surface area (TPSA) is 70.8 Å². The van der Waals surface area contributed by atoms with E-state index in [4.69, 9.17) is 19.0 Å². The van der Waals surface area contributed by atoms with Crippen LogP contribution in [0.4, 0.5) is 0 Å². The summed E-state index contributed by atoms with van der Waals surface area (Å²) >= 11 is 0. The van der Waals surface area contributed by atoms with Crippen LogP contribution in [0, 0.1) is 0 Å². The number of carbonyl (C=O) groups is 1. The van der Waals surface area contributed by atoms with Crippen LogP contribution in [-0.4, -0.2) is 35.5 Å². The van der Waals surface area contributed by atoms with Crippen LogP contribution in [0.3, 0.4) is 0 Å². The van der Waals surface area contributed by atoms with E-state index in [0.29, 0.717) is 0 Å². The van der Waals surface area contributed by atoms with E-state index in [1.54, 1.807) is 0 Å². The molecule has 88 valence electrons. The summed E-state index contributed by atoms with van der Waals surface area (Å²) in [5.74, 6) is -0.554. The zero-order chi connectivity index (χ0) is 12.0. The van der Waals surface area contributed by atoms with Gasteiger partial charge >= 0.3 is 8.80 Å². The SMILES string of the molecule is CO[Si](OC)(OCC(N)=O)c1ccccc1. The lowest BCUT2D eigenvalue weighted by Crippen LogP contribution is -2.56. The summed E-state index contributed by atoms with van der Waals surface area (Å²) in [6, 6.07) is 9.24. The normalized spacial score (nSPS) is 11.4. The van der Waals surface area contributed by atoms with Gasteiger partial charge in [0.2, 0.25) is 5.91 Å². The first-order chi connectivity index (χ1) is 7.64. The Morgan fingerprint density at radius 1 is 1.25 bits per heavy atom. The summed E-state index contributed by atoms with van der Waals surface area (Å²) in [6.07, 6.45) is 0. The number of benzene rings is 1. The van der Waals surface area contributed by atoms with Crippen LogP contribution in [0.25, 0.3) is 0 Å². The maximum absolute atomic E-state index is 10.7. The van der Waals surface area contributed by atoms with Crippen molar-refractivity contribution in [2.24, 2.45) is 5.73 Å². The standard InChI is InChI=1S/C10H15NO4Si/c1-13-16(14-2,15-8-10(11)12)9-6-4-3-5-7-9/h3-7H,8H2,1-2H3,(H2,11,12). The van der Waals surface area contributed by atoms with E-state index in [-0.39, 0.29) is 6.61 Å². The highest BCUT2D eigenvalue weighted by atomic mass is 28.4. The smallest absolute Gasteiger partial charge is 0.373 e. The van der Waals surface area contributed by atoms with Crippen molar-refractivity contribution in [1.29, 1.82) is 0 Å². The molecule has 1 aromatic carbocycles. The maximum Gasteiger partial charge on any atom is 0.537 e. The molecule has 0 aromatic heterocycles. The lowest BCUT2D eigenvalue weighted by molar-refractivity contribution is -0.121. The lowest BCUT2D eigenvalue weighted by atomic mass is 10.4. The molecule has 0 fully saturated rings. The predicted molar refractivity (Wildman–Crippen MR) is 61.0 cm³/mol. The first-order valence-electron chi connectivity index (χ1n) is 4.72. The van der Waals surface area contributed by atoms with E-state index in [2.05, 4.69) is 0 Å². The van der Waals surface area contributed by atoms with Gasteiger partial charge in [-0.3, -0.25) is 4.79 Å². The molecule has 0 bridgehead atoms. The van der Waals surface area contributed by atoms with Crippen LogP contribution < -0.4 is 10.9 Å². The molecule has 0 saturated heterocycles. The molecule has 0 saturated carbocycles. The first-order valence-corrected chi connectivity index (χ1v) is 6.45. The molecule has 0 unspecified atom stereocenters. The zero-order valence-electron chi connectivity index (χ0n) is 9.30. The molecule has 2 N–H and O–H groups in total. The number of carbonyl (C=O) groups excluding carboxylic acids is 1. The zero-order valence-corrected chi connectivity index (χ0v) is 10.3. The summed E-state index contributed by atoms with van der Waals surface area (Å²) in [5, 5.41) is 0.793. The van der Waals surface area contributed by atoms with Gasteiger partial charge in [0.1, 0.15) is 6.61 Å². The molecule has 0 aliphatic carbocycles. The predicted octanol–water partition coefficient (Wildman–Crippen LogP) is -0.373. The van der Waals surface area contributed by atoms with E-state index < -0.39 is 14.7 Å². The molecular weight excluding hydrogens is 226 g/mol. The average molecular weight is 241 g/mol. The van der Waals surface area contributed by atoms with E-state index in [1.165, 1.54) is 14.2 Å². The highest BCUT2D eigenvalue weighted by molar-refractivity contribution is 6.75. The minimum Gasteiger partial charge on any atom is -0.373 e. The summed E-state index contributed by atoms with van der Waals surface area (Å²) in [6.45, 7) is -0.219. The van der Waals surface area contributed by atoms with Gasteiger partial charge in [0, 0.05) is 19.4 Å². The quantitative estimate of drug-likeness (QED) is 0.690. The molecule has 0 aliphatic rings. The number of hydrogen-bond acceptors (Lipinski definition) is 4. The Morgan fingerprint density at radius 3 is 2.25 bits per heavy atom. The van der Waals surface area contributed by atoms with Gasteiger partial charge in [-0.05, 0) is 0 Å². The summed E-state index contributed by atoms with van der Waals surface area (Å²) < 4.78 is 16.0. The van der Waals surface area contributed by atoms with Crippen molar-refractivity contribution in [3.63, 3.8) is 0 Å². The maximum atomic E-state index is 10.7. The highest BCUT2D eigenvalue weighted by Gasteiger charge is 2.42. The molecule has 16 heavy (non-hydrogen) atoms. The van der Waals surface area contributed by atoms with Crippen LogP contribution in [-0.2, 0) is 18.1 Å². The van der Waals surface area contributed by atoms with Crippen LogP contribution in [0.15, 0.2) is 30.3 Å². The molecule has 0 spiro atoms. The fourth-order valence-electron chi connectivity index (χ4n) is 1.33. The highest BCUT2D eigenvalue weighted by Crippen LogP contribution is 2.07. The minimum atomic E-state index is -2.98. The van der Waals surface area contributed by atoms with Crippen molar-refractivity contribution < 1.29 is 18.1 Å². The summed E-state index contributed by atoms with van der Waals surface area (Å²) in [7, 11) is -0.00356. The third-order valence-electron chi connectivity index (χ3n) is 2.07. The third-order valence-corrected chi connectivity index (χ3v) is 4.71. The van der Waals surface area contributed by atoms with E-state index >= 15 is 0 Å². The third kappa shape index (κ3) is 2.89. The Labute approximate surface area is 95.5 Å². The summed E-state index contributed by atoms with van der Waals surface area (Å²) in [4.78, 5) is 10.7. The molecule has 5 nitrogen and oxygen atoms in total. The fraction of sp³-hybridized carbons (Fsp3) is 0.300. The first kappa shape index (κ1) is 12.9. The second-order valence-corrected chi connectivity index (χ2v) is 5.88. The van der Waals surface area contributed by atoms with Gasteiger partial charge in [-0.15, -0.1) is 0 Å². The van der Waals surface area contributed by atoms with Gasteiger partial charge in [-0.2, -0.15) is 0 Å². The van der Waals surface area contributed by atoms with Gasteiger partial charge in [0.15, 0.2) is 0 Å². The van der Waals surface area contributed by atoms with Gasteiger partial charge in [0.25, 0.3) is 0 Å². The molecule has 0 radical (unpaired) electrons. The van der Waals surface area contributed by atoms with E-state index in [1.807, 2.05) is 30.3 Å². The fourth-order valence-corrected chi connectivity index (χ4v) is 3.30. The molecule has 0 aliphatic heterocycles. The molecule has 0 heterocycles. The molecule has 0 atom stereocenters. The second-order valence-electron chi connectivity index (χ2n) is 3.09. The molecule has 1 aromatic rings. The monoisotopic (exact) mass is 241 g/mol. The van der Waals surface area contributed by atoms with Crippen molar-refractivity contribution in [2.75, 3.05) is 20.8 Å². The largest absolute Gasteiger partial charge is 0.537 e. The minimum absolute atomic E-state index is 0.219. The van der Waals surface area contributed by atoms with Gasteiger partial charge in [-0.25, -0.2) is 0 Å². The van der Waals surface area contributed by atoms with Crippen LogP contribution in [0.1, 0.15) is 0 Å². The van der Waals surface area contributed by atoms with Gasteiger partial charge < -0.3 is 19.0 Å². The van der Waals surface area contributed by atoms with Crippen molar-refractivity contribution in [3.05, 3.63) is 30.3 Å². The Kier molecular flexibility index (Phi) is 4.63. The molecule has 1 amide bonds. The van der Waals surface area contributed by atoms with Crippen molar-refractivity contribution in [1.82, 2.24) is 0 Å². The molecular formula is C10H15NO4Si. The molecule has 1 rings (SSSR count). The van der Waals surface area contributed by atoms with Crippen molar-refractivity contribution in [3.8, 4) is 0 Å². The van der Waals surface area contributed by atoms with Crippen LogP contribution in [0.5, 0.6) is 0 Å². The summed E-state index contributed by atoms with van der Waals surface area (Å²) in [5.41, 5.74) is 5.03. The Balaban J connectivity index is 2.92. The number of hydrogen-bond donors (Lipinski definition) is 1. The Hall–Kier alpha value is -1.21. The van der Waals surface area contributed by atoms with Gasteiger partial charge in [0.05, 0.1) is 0 Å². The van der Waals surface area contributed by atoms with E-state index in [9.17, 15) is 4.79 Å². The average Bonchev–Trinajstić information content (AvgIpc) is 2.32. The Bertz CT molecular complexity index is 340. The number of nitrogens with two attached hydrogens (primary N) is 1. The van der Waals surface area contributed by atoms with E-state index in [0.717, 1.165) is 5.19 Å². The number of primary amides is 1. The van der Waals surface area contributed by atoms with Crippen molar-refractivity contribution in [2.45, 2.75) is 0 Å². The van der Waals surface area contributed by atoms with Gasteiger partial charge in [-0.1, -0.05) is 30.3 Å². The number of amides is 1. The van der Waals surface area contributed by atoms with Crippen molar-refractivity contribution >= 4 is 19.9 Å². The van der Waals surface area contributed by atoms with Crippen LogP contribution in [0.2, 0.25) is 0 Å². The molecule has 6 heteroatoms. The number of rotatable bonds is 6. The lowest BCUT2D eigenvalue weighted by Gasteiger charge is -2.25.